The van der Waals surface area contributed by atoms with Gasteiger partial charge in [0.05, 0.1) is 6.04 Å². The quantitative estimate of drug-likeness (QED) is 0.337. The van der Waals surface area contributed by atoms with Gasteiger partial charge in [0.15, 0.2) is 0 Å². The normalized spacial score (nSPS) is 13.7. The highest BCUT2D eigenvalue weighted by atomic mass is 16.2. The van der Waals surface area contributed by atoms with E-state index in [-0.39, 0.29) is 5.92 Å². The zero-order chi connectivity index (χ0) is 15.0. The summed E-state index contributed by atoms with van der Waals surface area (Å²) in [5.74, 6) is -1.09. The van der Waals surface area contributed by atoms with E-state index in [1.165, 1.54) is 0 Å². The Balaban J connectivity index is 4.23. The molecule has 0 aliphatic rings. The molecule has 0 aliphatic carbocycles. The van der Waals surface area contributed by atoms with Crippen molar-refractivity contribution in [2.45, 2.75) is 38.8 Å². The summed E-state index contributed by atoms with van der Waals surface area (Å²) in [5, 5.41) is 4.89. The number of carbonyl (C=O) groups is 3. The van der Waals surface area contributed by atoms with Crippen LogP contribution < -0.4 is 27.8 Å². The van der Waals surface area contributed by atoms with Crippen molar-refractivity contribution in [3.8, 4) is 0 Å². The first kappa shape index (κ1) is 17.2. The summed E-state index contributed by atoms with van der Waals surface area (Å²) >= 11 is 0. The molecular weight excluding hydrogens is 250 g/mol. The molecule has 1 unspecified atom stereocenters. The number of rotatable bonds is 8. The highest BCUT2D eigenvalue weighted by Gasteiger charge is 2.23. The van der Waals surface area contributed by atoms with Gasteiger partial charge < -0.3 is 27.8 Å². The lowest BCUT2D eigenvalue weighted by atomic mass is 10.0. The number of primary amides is 2. The summed E-state index contributed by atoms with van der Waals surface area (Å²) < 4.78 is 0. The molecule has 0 radical (unpaired) electrons. The molecule has 0 aromatic heterocycles. The van der Waals surface area contributed by atoms with E-state index in [1.807, 2.05) is 0 Å². The maximum absolute atomic E-state index is 11.7. The molecule has 0 heterocycles. The van der Waals surface area contributed by atoms with Gasteiger partial charge in [-0.05, 0) is 18.8 Å². The van der Waals surface area contributed by atoms with Crippen molar-refractivity contribution in [1.29, 1.82) is 0 Å². The summed E-state index contributed by atoms with van der Waals surface area (Å²) in [4.78, 5) is 33.4. The Morgan fingerprint density at radius 3 is 2.16 bits per heavy atom. The van der Waals surface area contributed by atoms with Crippen LogP contribution in [0.2, 0.25) is 0 Å². The SMILES string of the molecule is CC(C)C(N)C(=O)N[C@@H](CCCNC(N)=O)C(N)=O. The summed E-state index contributed by atoms with van der Waals surface area (Å²) in [6.45, 7) is 3.92. The molecule has 4 amide bonds. The lowest BCUT2D eigenvalue weighted by molar-refractivity contribution is -0.128. The first-order valence-corrected chi connectivity index (χ1v) is 6.14. The molecule has 110 valence electrons. The number of urea groups is 1. The molecule has 0 aromatic carbocycles. The Hall–Kier alpha value is -1.83. The minimum atomic E-state index is -0.799. The second-order valence-corrected chi connectivity index (χ2v) is 4.67. The van der Waals surface area contributed by atoms with Crippen LogP contribution in [0.25, 0.3) is 0 Å². The molecule has 8 heteroatoms. The summed E-state index contributed by atoms with van der Waals surface area (Å²) in [6.07, 6.45) is 0.778. The van der Waals surface area contributed by atoms with Crippen molar-refractivity contribution in [2.75, 3.05) is 6.54 Å². The topological polar surface area (TPSA) is 153 Å². The van der Waals surface area contributed by atoms with Crippen molar-refractivity contribution in [2.24, 2.45) is 23.1 Å². The minimum absolute atomic E-state index is 0.0370. The van der Waals surface area contributed by atoms with Gasteiger partial charge in [0.25, 0.3) is 0 Å². The molecule has 8 N–H and O–H groups in total. The van der Waals surface area contributed by atoms with Crippen molar-refractivity contribution >= 4 is 17.8 Å². The minimum Gasteiger partial charge on any atom is -0.368 e. The third-order valence-corrected chi connectivity index (χ3v) is 2.65. The van der Waals surface area contributed by atoms with Crippen molar-refractivity contribution < 1.29 is 14.4 Å². The Morgan fingerprint density at radius 1 is 1.16 bits per heavy atom. The van der Waals surface area contributed by atoms with Gasteiger partial charge in [-0.15, -0.1) is 0 Å². The van der Waals surface area contributed by atoms with Crippen LogP contribution in [0.15, 0.2) is 0 Å². The summed E-state index contributed by atoms with van der Waals surface area (Å²) in [7, 11) is 0. The molecule has 0 saturated heterocycles. The first-order valence-electron chi connectivity index (χ1n) is 6.14. The standard InChI is InChI=1S/C11H23N5O3/c1-6(2)8(12)10(18)16-7(9(13)17)4-3-5-15-11(14)19/h6-8H,3-5,12H2,1-2H3,(H2,13,17)(H,16,18)(H3,14,15,19)/t7-,8?/m0/s1. The third kappa shape index (κ3) is 7.24. The fourth-order valence-electron chi connectivity index (χ4n) is 1.37. The van der Waals surface area contributed by atoms with E-state index in [0.29, 0.717) is 19.4 Å². The van der Waals surface area contributed by atoms with E-state index in [0.717, 1.165) is 0 Å². The molecule has 8 nitrogen and oxygen atoms in total. The van der Waals surface area contributed by atoms with Crippen LogP contribution >= 0.6 is 0 Å². The molecule has 0 bridgehead atoms. The second-order valence-electron chi connectivity index (χ2n) is 4.67. The van der Waals surface area contributed by atoms with E-state index in [9.17, 15) is 14.4 Å². The van der Waals surface area contributed by atoms with Gasteiger partial charge in [-0.3, -0.25) is 9.59 Å². The van der Waals surface area contributed by atoms with Gasteiger partial charge in [0.2, 0.25) is 11.8 Å². The molecule has 0 saturated carbocycles. The van der Waals surface area contributed by atoms with Crippen LogP contribution in [0.1, 0.15) is 26.7 Å². The van der Waals surface area contributed by atoms with E-state index in [4.69, 9.17) is 17.2 Å². The lowest BCUT2D eigenvalue weighted by Gasteiger charge is -2.20. The molecule has 2 atom stereocenters. The molecule has 0 rings (SSSR count). The Labute approximate surface area is 112 Å². The van der Waals surface area contributed by atoms with Crippen molar-refractivity contribution in [3.05, 3.63) is 0 Å². The number of amides is 4. The Bertz CT molecular complexity index is 332. The molecular formula is C11H23N5O3. The Kier molecular flexibility index (Phi) is 7.50. The number of nitrogens with two attached hydrogens (primary N) is 3. The predicted molar refractivity (Wildman–Crippen MR) is 70.8 cm³/mol. The van der Waals surface area contributed by atoms with Gasteiger partial charge >= 0.3 is 6.03 Å². The highest BCUT2D eigenvalue weighted by Crippen LogP contribution is 2.01. The molecule has 0 spiro atoms. The maximum atomic E-state index is 11.7. The average molecular weight is 273 g/mol. The zero-order valence-electron chi connectivity index (χ0n) is 11.3. The first-order chi connectivity index (χ1) is 8.75. The largest absolute Gasteiger partial charge is 0.368 e. The monoisotopic (exact) mass is 273 g/mol. The molecule has 19 heavy (non-hydrogen) atoms. The summed E-state index contributed by atoms with van der Waals surface area (Å²) in [5.41, 5.74) is 15.8. The molecule has 0 aliphatic heterocycles. The van der Waals surface area contributed by atoms with Gasteiger partial charge in [0, 0.05) is 6.54 Å². The number of nitrogens with one attached hydrogen (secondary N) is 2. The zero-order valence-corrected chi connectivity index (χ0v) is 11.3. The van der Waals surface area contributed by atoms with Gasteiger partial charge in [-0.2, -0.15) is 0 Å². The van der Waals surface area contributed by atoms with Crippen molar-refractivity contribution in [3.63, 3.8) is 0 Å². The maximum Gasteiger partial charge on any atom is 0.312 e. The van der Waals surface area contributed by atoms with E-state index >= 15 is 0 Å². The van der Waals surface area contributed by atoms with Crippen LogP contribution in [-0.2, 0) is 9.59 Å². The van der Waals surface area contributed by atoms with E-state index < -0.39 is 29.9 Å². The third-order valence-electron chi connectivity index (χ3n) is 2.65. The van der Waals surface area contributed by atoms with Crippen LogP contribution in [-0.4, -0.2) is 36.5 Å². The van der Waals surface area contributed by atoms with E-state index in [2.05, 4.69) is 10.6 Å². The molecule has 0 aromatic rings. The predicted octanol–water partition coefficient (Wildman–Crippen LogP) is -1.61. The van der Waals surface area contributed by atoms with Gasteiger partial charge in [-0.25, -0.2) is 4.79 Å². The van der Waals surface area contributed by atoms with Crippen molar-refractivity contribution in [1.82, 2.24) is 10.6 Å². The number of hydrogen-bond acceptors (Lipinski definition) is 4. The highest BCUT2D eigenvalue weighted by molar-refractivity contribution is 5.88. The van der Waals surface area contributed by atoms with Crippen LogP contribution in [0.3, 0.4) is 0 Å². The Morgan fingerprint density at radius 2 is 1.74 bits per heavy atom. The lowest BCUT2D eigenvalue weighted by Crippen LogP contribution is -2.52. The molecule has 0 fully saturated rings. The van der Waals surface area contributed by atoms with E-state index in [1.54, 1.807) is 13.8 Å². The van der Waals surface area contributed by atoms with Crippen LogP contribution in [0.4, 0.5) is 4.79 Å². The number of carbonyl (C=O) groups excluding carboxylic acids is 3. The summed E-state index contributed by atoms with van der Waals surface area (Å²) in [6, 6.07) is -2.13. The number of hydrogen-bond donors (Lipinski definition) is 5. The second kappa shape index (κ2) is 8.30. The smallest absolute Gasteiger partial charge is 0.312 e. The van der Waals surface area contributed by atoms with Gasteiger partial charge in [0.1, 0.15) is 6.04 Å². The van der Waals surface area contributed by atoms with Crippen LogP contribution in [0, 0.1) is 5.92 Å². The fraction of sp³-hybridized carbons (Fsp3) is 0.727. The average Bonchev–Trinajstić information content (AvgIpc) is 2.30. The fourth-order valence-corrected chi connectivity index (χ4v) is 1.37. The van der Waals surface area contributed by atoms with Gasteiger partial charge in [-0.1, -0.05) is 13.8 Å². The van der Waals surface area contributed by atoms with Crippen LogP contribution in [0.5, 0.6) is 0 Å².